The molecule has 2 rings (SSSR count). The van der Waals surface area contributed by atoms with Gasteiger partial charge in [-0.25, -0.2) is 4.39 Å². The summed E-state index contributed by atoms with van der Waals surface area (Å²) >= 11 is 3.48. The van der Waals surface area contributed by atoms with Gasteiger partial charge in [0.15, 0.2) is 0 Å². The van der Waals surface area contributed by atoms with Gasteiger partial charge in [-0.1, -0.05) is 34.1 Å². The van der Waals surface area contributed by atoms with Crippen LogP contribution in [-0.4, -0.2) is 22.8 Å². The molecular formula is C14H19BrFN. The van der Waals surface area contributed by atoms with Crippen molar-refractivity contribution >= 4 is 15.9 Å². The van der Waals surface area contributed by atoms with Gasteiger partial charge in [0.05, 0.1) is 0 Å². The van der Waals surface area contributed by atoms with Crippen molar-refractivity contribution in [3.8, 4) is 0 Å². The highest BCUT2D eigenvalue weighted by Crippen LogP contribution is 2.24. The van der Waals surface area contributed by atoms with Gasteiger partial charge in [0.2, 0.25) is 0 Å². The topological polar surface area (TPSA) is 3.24 Å². The molecule has 1 fully saturated rings. The summed E-state index contributed by atoms with van der Waals surface area (Å²) in [6.07, 6.45) is 4.95. The Kier molecular flexibility index (Phi) is 4.99. The van der Waals surface area contributed by atoms with Gasteiger partial charge in [0.1, 0.15) is 5.82 Å². The Morgan fingerprint density at radius 2 is 2.18 bits per heavy atom. The lowest BCUT2D eigenvalue weighted by molar-refractivity contribution is 0.231. The van der Waals surface area contributed by atoms with E-state index in [1.54, 1.807) is 12.1 Å². The van der Waals surface area contributed by atoms with Crippen LogP contribution >= 0.6 is 15.9 Å². The summed E-state index contributed by atoms with van der Waals surface area (Å²) in [6, 6.07) is 7.77. The van der Waals surface area contributed by atoms with Crippen molar-refractivity contribution in [2.45, 2.75) is 38.3 Å². The monoisotopic (exact) mass is 299 g/mol. The largest absolute Gasteiger partial charge is 0.296 e. The normalized spacial score (nSPS) is 20.9. The van der Waals surface area contributed by atoms with E-state index in [0.29, 0.717) is 6.04 Å². The highest BCUT2D eigenvalue weighted by molar-refractivity contribution is 9.09. The molecule has 17 heavy (non-hydrogen) atoms. The number of alkyl halides is 1. The van der Waals surface area contributed by atoms with Crippen LogP contribution < -0.4 is 0 Å². The molecule has 1 nitrogen and oxygen atoms in total. The van der Waals surface area contributed by atoms with E-state index in [1.807, 2.05) is 12.1 Å². The van der Waals surface area contributed by atoms with Gasteiger partial charge in [0.25, 0.3) is 0 Å². The zero-order valence-corrected chi connectivity index (χ0v) is 11.6. The van der Waals surface area contributed by atoms with Crippen molar-refractivity contribution in [1.29, 1.82) is 0 Å². The molecular weight excluding hydrogens is 281 g/mol. The fourth-order valence-electron chi connectivity index (χ4n) is 2.59. The first-order valence-corrected chi connectivity index (χ1v) is 7.47. The Bertz CT molecular complexity index is 356. The Balaban J connectivity index is 1.95. The molecule has 94 valence electrons. The van der Waals surface area contributed by atoms with Crippen LogP contribution in [0.25, 0.3) is 0 Å². The average Bonchev–Trinajstić information content (AvgIpc) is 2.77. The van der Waals surface area contributed by atoms with Gasteiger partial charge in [0, 0.05) is 23.5 Å². The van der Waals surface area contributed by atoms with Gasteiger partial charge in [-0.05, 0) is 38.3 Å². The van der Waals surface area contributed by atoms with Gasteiger partial charge >= 0.3 is 0 Å². The van der Waals surface area contributed by atoms with Crippen molar-refractivity contribution in [2.75, 3.05) is 11.9 Å². The quantitative estimate of drug-likeness (QED) is 0.744. The molecule has 1 atom stereocenters. The van der Waals surface area contributed by atoms with E-state index in [9.17, 15) is 4.39 Å². The highest BCUT2D eigenvalue weighted by Gasteiger charge is 2.24. The smallest absolute Gasteiger partial charge is 0.127 e. The second-order valence-electron chi connectivity index (χ2n) is 4.69. The zero-order valence-electron chi connectivity index (χ0n) is 10.0. The van der Waals surface area contributed by atoms with Crippen molar-refractivity contribution in [3.63, 3.8) is 0 Å². The molecule has 1 aromatic carbocycles. The first-order chi connectivity index (χ1) is 8.31. The van der Waals surface area contributed by atoms with Crippen LogP contribution in [0.1, 0.15) is 31.2 Å². The number of likely N-dealkylation sites (tertiary alicyclic amines) is 1. The first kappa shape index (κ1) is 13.0. The lowest BCUT2D eigenvalue weighted by Crippen LogP contribution is -2.29. The number of hydrogen-bond acceptors (Lipinski definition) is 1. The molecule has 1 aliphatic heterocycles. The summed E-state index contributed by atoms with van der Waals surface area (Å²) in [4.78, 5) is 2.43. The minimum absolute atomic E-state index is 0.0707. The fraction of sp³-hybridized carbons (Fsp3) is 0.571. The predicted octanol–water partition coefficient (Wildman–Crippen LogP) is 3.97. The van der Waals surface area contributed by atoms with Gasteiger partial charge < -0.3 is 0 Å². The van der Waals surface area contributed by atoms with Crippen molar-refractivity contribution in [2.24, 2.45) is 0 Å². The molecule has 0 aromatic heterocycles. The number of benzene rings is 1. The molecule has 0 aliphatic carbocycles. The summed E-state index contributed by atoms with van der Waals surface area (Å²) in [7, 11) is 0. The zero-order chi connectivity index (χ0) is 12.1. The van der Waals surface area contributed by atoms with Crippen LogP contribution in [0, 0.1) is 5.82 Å². The minimum Gasteiger partial charge on any atom is -0.296 e. The molecule has 1 unspecified atom stereocenters. The molecule has 0 N–H and O–H groups in total. The Labute approximate surface area is 111 Å². The van der Waals surface area contributed by atoms with Gasteiger partial charge in [-0.2, -0.15) is 0 Å². The molecule has 3 heteroatoms. The number of nitrogens with zero attached hydrogens (tertiary/aromatic N) is 1. The number of rotatable bonds is 5. The molecule has 1 saturated heterocycles. The Morgan fingerprint density at radius 1 is 1.35 bits per heavy atom. The summed E-state index contributed by atoms with van der Waals surface area (Å²) in [6.45, 7) is 1.88. The fourth-order valence-corrected chi connectivity index (χ4v) is 2.91. The number of hydrogen-bond donors (Lipinski definition) is 0. The second kappa shape index (κ2) is 6.50. The molecule has 0 amide bonds. The third-order valence-electron chi connectivity index (χ3n) is 3.50. The van der Waals surface area contributed by atoms with Gasteiger partial charge in [-0.15, -0.1) is 0 Å². The molecule has 0 bridgehead atoms. The van der Waals surface area contributed by atoms with Crippen LogP contribution in [0.5, 0.6) is 0 Å². The Hall–Kier alpha value is -0.410. The second-order valence-corrected chi connectivity index (χ2v) is 5.48. The van der Waals surface area contributed by atoms with E-state index >= 15 is 0 Å². The van der Waals surface area contributed by atoms with Crippen LogP contribution in [0.15, 0.2) is 24.3 Å². The summed E-state index contributed by atoms with van der Waals surface area (Å²) in [5.41, 5.74) is 0.832. The van der Waals surface area contributed by atoms with E-state index in [4.69, 9.17) is 0 Å². The van der Waals surface area contributed by atoms with E-state index in [1.165, 1.54) is 25.7 Å². The summed E-state index contributed by atoms with van der Waals surface area (Å²) < 4.78 is 13.6. The maximum absolute atomic E-state index is 13.6. The molecule has 1 aliphatic rings. The van der Waals surface area contributed by atoms with E-state index in [2.05, 4.69) is 20.8 Å². The average molecular weight is 300 g/mol. The lowest BCUT2D eigenvalue weighted by Gasteiger charge is -2.24. The van der Waals surface area contributed by atoms with Crippen molar-refractivity contribution < 1.29 is 4.39 Å². The SMILES string of the molecule is Fc1ccccc1CN1CCCC1CCCBr. The van der Waals surface area contributed by atoms with Crippen LogP contribution in [0.3, 0.4) is 0 Å². The molecule has 0 saturated carbocycles. The maximum atomic E-state index is 13.6. The van der Waals surface area contributed by atoms with E-state index in [-0.39, 0.29) is 5.82 Å². The van der Waals surface area contributed by atoms with Crippen LogP contribution in [0.4, 0.5) is 4.39 Å². The van der Waals surface area contributed by atoms with Crippen molar-refractivity contribution in [3.05, 3.63) is 35.6 Å². The van der Waals surface area contributed by atoms with Crippen LogP contribution in [0.2, 0.25) is 0 Å². The van der Waals surface area contributed by atoms with Crippen molar-refractivity contribution in [1.82, 2.24) is 4.90 Å². The van der Waals surface area contributed by atoms with E-state index < -0.39 is 0 Å². The van der Waals surface area contributed by atoms with Crippen LogP contribution in [-0.2, 0) is 6.54 Å². The summed E-state index contributed by atoms with van der Waals surface area (Å²) in [5.74, 6) is -0.0707. The standard InChI is InChI=1S/C14H19BrFN/c15-9-3-6-13-7-4-10-17(13)11-12-5-1-2-8-14(12)16/h1-2,5,8,13H,3-4,6-7,9-11H2. The number of halogens is 2. The first-order valence-electron chi connectivity index (χ1n) is 6.34. The predicted molar refractivity (Wildman–Crippen MR) is 72.9 cm³/mol. The molecule has 0 radical (unpaired) electrons. The highest BCUT2D eigenvalue weighted by atomic mass is 79.9. The summed E-state index contributed by atoms with van der Waals surface area (Å²) in [5, 5.41) is 1.07. The minimum atomic E-state index is -0.0707. The molecule has 0 spiro atoms. The van der Waals surface area contributed by atoms with Gasteiger partial charge in [-0.3, -0.25) is 4.90 Å². The molecule has 1 aromatic rings. The third kappa shape index (κ3) is 3.52. The Morgan fingerprint density at radius 3 is 2.94 bits per heavy atom. The molecule has 1 heterocycles. The lowest BCUT2D eigenvalue weighted by atomic mass is 10.1. The maximum Gasteiger partial charge on any atom is 0.127 e. The third-order valence-corrected chi connectivity index (χ3v) is 4.06. The van der Waals surface area contributed by atoms with E-state index in [0.717, 1.165) is 24.0 Å².